The molecule has 0 radical (unpaired) electrons. The van der Waals surface area contributed by atoms with E-state index < -0.39 is 5.91 Å². The van der Waals surface area contributed by atoms with E-state index in [1.54, 1.807) is 32.4 Å². The molecule has 6 heteroatoms. The lowest BCUT2D eigenvalue weighted by Gasteiger charge is -2.12. The number of nitrogens with zero attached hydrogens (tertiary/aromatic N) is 2. The summed E-state index contributed by atoms with van der Waals surface area (Å²) in [5.41, 5.74) is 1.17. The SMILES string of the molecule is COCC(C)NC(=O)c1cnc2cc(C)ccn2c1=O. The van der Waals surface area contributed by atoms with E-state index in [2.05, 4.69) is 10.3 Å². The maximum Gasteiger partial charge on any atom is 0.270 e. The molecule has 1 atom stereocenters. The minimum absolute atomic E-state index is 0.0225. The lowest BCUT2D eigenvalue weighted by atomic mass is 10.2. The van der Waals surface area contributed by atoms with Crippen LogP contribution in [0.4, 0.5) is 0 Å². The second-order valence-electron chi connectivity index (χ2n) is 4.74. The molecule has 0 bridgehead atoms. The number of aromatic nitrogens is 2. The third-order valence-corrected chi connectivity index (χ3v) is 2.90. The summed E-state index contributed by atoms with van der Waals surface area (Å²) in [5.74, 6) is -0.443. The van der Waals surface area contributed by atoms with Crippen LogP contribution < -0.4 is 10.9 Å². The van der Waals surface area contributed by atoms with E-state index in [1.165, 1.54) is 10.6 Å². The molecule has 2 heterocycles. The van der Waals surface area contributed by atoms with E-state index in [0.717, 1.165) is 5.56 Å². The highest BCUT2D eigenvalue weighted by Crippen LogP contribution is 2.02. The molecular formula is C14H17N3O3. The zero-order chi connectivity index (χ0) is 14.7. The molecule has 0 aliphatic rings. The van der Waals surface area contributed by atoms with Crippen molar-refractivity contribution >= 4 is 11.6 Å². The van der Waals surface area contributed by atoms with Gasteiger partial charge in [-0.1, -0.05) is 0 Å². The summed E-state index contributed by atoms with van der Waals surface area (Å²) in [5, 5.41) is 2.70. The number of methoxy groups -OCH3 is 1. The summed E-state index contributed by atoms with van der Waals surface area (Å²) >= 11 is 0. The minimum Gasteiger partial charge on any atom is -0.383 e. The van der Waals surface area contributed by atoms with Gasteiger partial charge >= 0.3 is 0 Å². The van der Waals surface area contributed by atoms with Crippen molar-refractivity contribution in [3.05, 3.63) is 46.0 Å². The van der Waals surface area contributed by atoms with Crippen LogP contribution in [0.1, 0.15) is 22.8 Å². The Balaban J connectivity index is 2.36. The van der Waals surface area contributed by atoms with Crippen molar-refractivity contribution < 1.29 is 9.53 Å². The Morgan fingerprint density at radius 1 is 1.55 bits per heavy atom. The van der Waals surface area contributed by atoms with Gasteiger partial charge in [0.25, 0.3) is 11.5 Å². The second-order valence-corrected chi connectivity index (χ2v) is 4.74. The first-order valence-corrected chi connectivity index (χ1v) is 6.30. The highest BCUT2D eigenvalue weighted by Gasteiger charge is 2.15. The molecule has 2 rings (SSSR count). The first kappa shape index (κ1) is 14.2. The smallest absolute Gasteiger partial charge is 0.270 e. The second kappa shape index (κ2) is 5.83. The van der Waals surface area contributed by atoms with Gasteiger partial charge in [-0.15, -0.1) is 0 Å². The number of fused-ring (bicyclic) bond motifs is 1. The largest absolute Gasteiger partial charge is 0.383 e. The van der Waals surface area contributed by atoms with Crippen LogP contribution in [0.3, 0.4) is 0 Å². The molecule has 0 saturated carbocycles. The molecule has 0 fully saturated rings. The lowest BCUT2D eigenvalue weighted by Crippen LogP contribution is -2.39. The van der Waals surface area contributed by atoms with Crippen molar-refractivity contribution in [2.45, 2.75) is 19.9 Å². The van der Waals surface area contributed by atoms with E-state index in [1.807, 2.05) is 6.92 Å². The van der Waals surface area contributed by atoms with E-state index in [4.69, 9.17) is 4.74 Å². The molecule has 1 unspecified atom stereocenters. The molecule has 2 aromatic rings. The van der Waals surface area contributed by atoms with E-state index in [0.29, 0.717) is 12.3 Å². The number of nitrogens with one attached hydrogen (secondary N) is 1. The summed E-state index contributed by atoms with van der Waals surface area (Å²) in [6.07, 6.45) is 2.93. The molecule has 20 heavy (non-hydrogen) atoms. The standard InChI is InChI=1S/C14H17N3O3/c1-9-4-5-17-12(6-9)15-7-11(14(17)19)13(18)16-10(2)8-20-3/h4-7,10H,8H2,1-3H3,(H,16,18). The molecule has 0 aromatic carbocycles. The summed E-state index contributed by atoms with van der Waals surface area (Å²) < 4.78 is 6.30. The number of rotatable bonds is 4. The Morgan fingerprint density at radius 3 is 3.00 bits per heavy atom. The molecule has 1 N–H and O–H groups in total. The Hall–Kier alpha value is -2.21. The predicted octanol–water partition coefficient (Wildman–Crippen LogP) is 0.768. The Morgan fingerprint density at radius 2 is 2.30 bits per heavy atom. The van der Waals surface area contributed by atoms with Gasteiger partial charge in [0.1, 0.15) is 11.2 Å². The maximum atomic E-state index is 12.3. The van der Waals surface area contributed by atoms with Crippen molar-refractivity contribution in [1.29, 1.82) is 0 Å². The third-order valence-electron chi connectivity index (χ3n) is 2.90. The van der Waals surface area contributed by atoms with Gasteiger partial charge in [0, 0.05) is 25.5 Å². The average Bonchev–Trinajstić information content (AvgIpc) is 2.38. The van der Waals surface area contributed by atoms with Crippen LogP contribution in [0.5, 0.6) is 0 Å². The Kier molecular flexibility index (Phi) is 4.14. The van der Waals surface area contributed by atoms with Gasteiger partial charge in [-0.05, 0) is 31.5 Å². The molecule has 0 saturated heterocycles. The van der Waals surface area contributed by atoms with Gasteiger partial charge in [0.05, 0.1) is 6.61 Å². The van der Waals surface area contributed by atoms with E-state index >= 15 is 0 Å². The maximum absolute atomic E-state index is 12.3. The van der Waals surface area contributed by atoms with Gasteiger partial charge in [0.2, 0.25) is 0 Å². The van der Waals surface area contributed by atoms with Crippen molar-refractivity contribution in [3.8, 4) is 0 Å². The van der Waals surface area contributed by atoms with Crippen LogP contribution in [0.25, 0.3) is 5.65 Å². The molecule has 2 aromatic heterocycles. The predicted molar refractivity (Wildman–Crippen MR) is 75.0 cm³/mol. The number of hydrogen-bond acceptors (Lipinski definition) is 4. The van der Waals surface area contributed by atoms with E-state index in [9.17, 15) is 9.59 Å². The zero-order valence-electron chi connectivity index (χ0n) is 11.7. The van der Waals surface area contributed by atoms with Crippen molar-refractivity contribution in [1.82, 2.24) is 14.7 Å². The molecule has 106 valence electrons. The average molecular weight is 275 g/mol. The summed E-state index contributed by atoms with van der Waals surface area (Å²) in [6.45, 7) is 4.10. The molecular weight excluding hydrogens is 258 g/mol. The van der Waals surface area contributed by atoms with E-state index in [-0.39, 0.29) is 17.2 Å². The van der Waals surface area contributed by atoms with Crippen molar-refractivity contribution in [2.24, 2.45) is 0 Å². The van der Waals surface area contributed by atoms with Crippen LogP contribution in [-0.2, 0) is 4.74 Å². The Labute approximate surface area is 116 Å². The highest BCUT2D eigenvalue weighted by molar-refractivity contribution is 5.93. The molecule has 6 nitrogen and oxygen atoms in total. The van der Waals surface area contributed by atoms with Crippen LogP contribution in [0.2, 0.25) is 0 Å². The fourth-order valence-electron chi connectivity index (χ4n) is 1.93. The summed E-state index contributed by atoms with van der Waals surface area (Å²) in [6, 6.07) is 3.41. The van der Waals surface area contributed by atoms with Crippen LogP contribution in [0.15, 0.2) is 29.3 Å². The number of aryl methyl sites for hydroxylation is 1. The normalized spacial score (nSPS) is 12.3. The monoisotopic (exact) mass is 275 g/mol. The van der Waals surface area contributed by atoms with Crippen LogP contribution >= 0.6 is 0 Å². The first-order valence-electron chi connectivity index (χ1n) is 6.30. The van der Waals surface area contributed by atoms with Gasteiger partial charge in [-0.2, -0.15) is 0 Å². The zero-order valence-corrected chi connectivity index (χ0v) is 11.7. The third kappa shape index (κ3) is 2.85. The minimum atomic E-state index is -0.443. The number of ether oxygens (including phenoxy) is 1. The van der Waals surface area contributed by atoms with Crippen molar-refractivity contribution in [2.75, 3.05) is 13.7 Å². The topological polar surface area (TPSA) is 72.7 Å². The Bertz CT molecular complexity index is 694. The fourth-order valence-corrected chi connectivity index (χ4v) is 1.93. The number of carbonyl (C=O) groups is 1. The number of pyridine rings is 1. The number of hydrogen-bond donors (Lipinski definition) is 1. The fraction of sp³-hybridized carbons (Fsp3) is 0.357. The quantitative estimate of drug-likeness (QED) is 0.894. The van der Waals surface area contributed by atoms with Gasteiger partial charge in [-0.25, -0.2) is 4.98 Å². The lowest BCUT2D eigenvalue weighted by molar-refractivity contribution is 0.0903. The molecule has 0 aliphatic carbocycles. The van der Waals surface area contributed by atoms with Crippen LogP contribution in [0, 0.1) is 6.92 Å². The number of amides is 1. The first-order chi connectivity index (χ1) is 9.52. The molecule has 0 spiro atoms. The summed E-state index contributed by atoms with van der Waals surface area (Å²) in [7, 11) is 1.55. The van der Waals surface area contributed by atoms with Gasteiger partial charge < -0.3 is 10.1 Å². The molecule has 0 aliphatic heterocycles. The number of carbonyl (C=O) groups excluding carboxylic acids is 1. The van der Waals surface area contributed by atoms with Crippen LogP contribution in [-0.4, -0.2) is 35.1 Å². The summed E-state index contributed by atoms with van der Waals surface area (Å²) in [4.78, 5) is 28.4. The highest BCUT2D eigenvalue weighted by atomic mass is 16.5. The van der Waals surface area contributed by atoms with Gasteiger partial charge in [0.15, 0.2) is 0 Å². The molecule has 1 amide bonds. The van der Waals surface area contributed by atoms with Crippen molar-refractivity contribution in [3.63, 3.8) is 0 Å². The van der Waals surface area contributed by atoms with Gasteiger partial charge in [-0.3, -0.25) is 14.0 Å².